The van der Waals surface area contributed by atoms with Gasteiger partial charge in [-0.05, 0) is 19.1 Å². The van der Waals surface area contributed by atoms with E-state index in [9.17, 15) is 23.3 Å². The summed E-state index contributed by atoms with van der Waals surface area (Å²) in [6.07, 6.45) is 0. The van der Waals surface area contributed by atoms with Crippen molar-refractivity contribution in [3.8, 4) is 5.75 Å². The van der Waals surface area contributed by atoms with Crippen molar-refractivity contribution in [2.24, 2.45) is 0 Å². The van der Waals surface area contributed by atoms with Crippen LogP contribution in [-0.2, 0) is 19.6 Å². The average Bonchev–Trinajstić information content (AvgIpc) is 2.53. The summed E-state index contributed by atoms with van der Waals surface area (Å²) >= 11 is 0. The lowest BCUT2D eigenvalue weighted by atomic mass is 10.3. The topological polar surface area (TPSA) is 116 Å². The van der Waals surface area contributed by atoms with Crippen molar-refractivity contribution in [2.45, 2.75) is 25.7 Å². The first-order valence-corrected chi connectivity index (χ1v) is 8.78. The Labute approximate surface area is 140 Å². The van der Waals surface area contributed by atoms with Gasteiger partial charge in [-0.25, -0.2) is 13.2 Å². The van der Waals surface area contributed by atoms with Gasteiger partial charge in [0.05, 0.1) is 16.4 Å². The fourth-order valence-corrected chi connectivity index (χ4v) is 3.45. The maximum atomic E-state index is 12.4. The molecule has 0 N–H and O–H groups in total. The zero-order chi connectivity index (χ0) is 18.3. The number of sulfonamides is 1. The van der Waals surface area contributed by atoms with Gasteiger partial charge in [0.15, 0.2) is 12.4 Å². The van der Waals surface area contributed by atoms with Crippen molar-refractivity contribution in [3.05, 3.63) is 28.3 Å². The molecule has 0 aliphatic carbocycles. The summed E-state index contributed by atoms with van der Waals surface area (Å²) in [7, 11) is -3.83. The van der Waals surface area contributed by atoms with Crippen LogP contribution in [0.15, 0.2) is 23.1 Å². The second kappa shape index (κ2) is 8.60. The minimum absolute atomic E-state index is 0.158. The largest absolute Gasteiger partial charge is 0.475 e. The highest BCUT2D eigenvalue weighted by atomic mass is 32.2. The molecule has 0 unspecified atom stereocenters. The van der Waals surface area contributed by atoms with Crippen LogP contribution in [0.3, 0.4) is 0 Å². The monoisotopic (exact) mass is 360 g/mol. The predicted molar refractivity (Wildman–Crippen MR) is 85.3 cm³/mol. The highest BCUT2D eigenvalue weighted by Crippen LogP contribution is 2.30. The number of carbonyl (C=O) groups excluding carboxylic acids is 1. The van der Waals surface area contributed by atoms with Crippen LogP contribution < -0.4 is 4.74 Å². The number of nitrogens with zero attached hydrogens (tertiary/aromatic N) is 2. The van der Waals surface area contributed by atoms with Crippen LogP contribution in [0.4, 0.5) is 5.69 Å². The van der Waals surface area contributed by atoms with E-state index < -0.39 is 33.2 Å². The number of rotatable bonds is 9. The van der Waals surface area contributed by atoms with E-state index in [1.54, 1.807) is 20.8 Å². The highest BCUT2D eigenvalue weighted by Gasteiger charge is 2.26. The van der Waals surface area contributed by atoms with Gasteiger partial charge in [0.2, 0.25) is 10.0 Å². The number of nitro benzene ring substituents is 1. The van der Waals surface area contributed by atoms with E-state index in [1.165, 1.54) is 10.4 Å². The molecule has 1 rings (SSSR count). The van der Waals surface area contributed by atoms with E-state index in [2.05, 4.69) is 4.74 Å². The zero-order valence-corrected chi connectivity index (χ0v) is 14.5. The molecule has 1 aromatic rings. The number of benzene rings is 1. The molecular weight excluding hydrogens is 340 g/mol. The lowest BCUT2D eigenvalue weighted by Crippen LogP contribution is -2.30. The van der Waals surface area contributed by atoms with Gasteiger partial charge < -0.3 is 9.47 Å². The average molecular weight is 360 g/mol. The number of hydrogen-bond donors (Lipinski definition) is 0. The number of esters is 1. The van der Waals surface area contributed by atoms with Crippen molar-refractivity contribution in [1.29, 1.82) is 0 Å². The number of carbonyl (C=O) groups is 1. The van der Waals surface area contributed by atoms with Crippen molar-refractivity contribution >= 4 is 21.7 Å². The molecule has 10 heteroatoms. The molecule has 0 amide bonds. The summed E-state index contributed by atoms with van der Waals surface area (Å²) in [5.74, 6) is -0.877. The molecule has 9 nitrogen and oxygen atoms in total. The minimum atomic E-state index is -3.83. The fraction of sp³-hybridized carbons (Fsp3) is 0.500. The van der Waals surface area contributed by atoms with Crippen LogP contribution in [0.5, 0.6) is 5.75 Å². The maximum absolute atomic E-state index is 12.4. The van der Waals surface area contributed by atoms with Gasteiger partial charge in [-0.1, -0.05) is 13.8 Å². The quantitative estimate of drug-likeness (QED) is 0.373. The summed E-state index contributed by atoms with van der Waals surface area (Å²) in [5, 5.41) is 11.2. The third kappa shape index (κ3) is 4.65. The molecule has 0 aliphatic heterocycles. The summed E-state index contributed by atoms with van der Waals surface area (Å²) < 4.78 is 35.8. The third-order valence-electron chi connectivity index (χ3n) is 3.12. The molecule has 0 radical (unpaired) electrons. The molecule has 0 atom stereocenters. The normalized spacial score (nSPS) is 11.3. The van der Waals surface area contributed by atoms with E-state index >= 15 is 0 Å². The Hall–Kier alpha value is -2.20. The number of hydrogen-bond acceptors (Lipinski definition) is 7. The van der Waals surface area contributed by atoms with E-state index in [-0.39, 0.29) is 30.3 Å². The molecule has 0 spiro atoms. The first-order valence-electron chi connectivity index (χ1n) is 7.34. The molecule has 0 aromatic heterocycles. The molecule has 0 saturated carbocycles. The maximum Gasteiger partial charge on any atom is 0.344 e. The lowest BCUT2D eigenvalue weighted by Gasteiger charge is -2.18. The number of nitro groups is 1. The van der Waals surface area contributed by atoms with Gasteiger partial charge in [0, 0.05) is 19.2 Å². The van der Waals surface area contributed by atoms with Gasteiger partial charge in [-0.15, -0.1) is 0 Å². The Bertz CT molecular complexity index is 699. The second-order valence-corrected chi connectivity index (χ2v) is 6.51. The number of ether oxygens (including phenoxy) is 2. The van der Waals surface area contributed by atoms with Gasteiger partial charge in [-0.3, -0.25) is 10.1 Å². The van der Waals surface area contributed by atoms with Crippen LogP contribution in [0.1, 0.15) is 20.8 Å². The lowest BCUT2D eigenvalue weighted by molar-refractivity contribution is -0.386. The zero-order valence-electron chi connectivity index (χ0n) is 13.7. The molecule has 0 aliphatic rings. The Balaban J connectivity index is 3.16. The van der Waals surface area contributed by atoms with Crippen LogP contribution >= 0.6 is 0 Å². The molecule has 1 aromatic carbocycles. The fourth-order valence-electron chi connectivity index (χ4n) is 1.97. The molecule has 0 saturated heterocycles. The molecule has 0 bridgehead atoms. The molecule has 0 heterocycles. The van der Waals surface area contributed by atoms with Crippen molar-refractivity contribution in [1.82, 2.24) is 4.31 Å². The van der Waals surface area contributed by atoms with Gasteiger partial charge in [0.1, 0.15) is 0 Å². The molecule has 134 valence electrons. The van der Waals surface area contributed by atoms with Crippen molar-refractivity contribution in [3.63, 3.8) is 0 Å². The van der Waals surface area contributed by atoms with Gasteiger partial charge in [0.25, 0.3) is 0 Å². The van der Waals surface area contributed by atoms with Crippen molar-refractivity contribution in [2.75, 3.05) is 26.3 Å². The van der Waals surface area contributed by atoms with E-state index in [0.717, 1.165) is 12.1 Å². The van der Waals surface area contributed by atoms with Crippen LogP contribution in [0.2, 0.25) is 0 Å². The predicted octanol–water partition coefficient (Wildman–Crippen LogP) is 1.57. The van der Waals surface area contributed by atoms with E-state index in [0.29, 0.717) is 0 Å². The summed E-state index contributed by atoms with van der Waals surface area (Å²) in [6.45, 7) is 5.11. The van der Waals surface area contributed by atoms with Crippen LogP contribution in [0, 0.1) is 10.1 Å². The standard InChI is InChI=1S/C14H20N2O7S/c1-4-15(5-2)24(20,21)11-7-8-13(12(9-11)16(18)19)23-10-14(17)22-6-3/h7-9H,4-6,10H2,1-3H3. The Kier molecular flexibility index (Phi) is 7.11. The van der Waals surface area contributed by atoms with Gasteiger partial charge in [-0.2, -0.15) is 4.31 Å². The first-order chi connectivity index (χ1) is 11.3. The van der Waals surface area contributed by atoms with E-state index in [4.69, 9.17) is 4.74 Å². The molecule has 0 fully saturated rings. The van der Waals surface area contributed by atoms with Gasteiger partial charge >= 0.3 is 11.7 Å². The van der Waals surface area contributed by atoms with Crippen LogP contribution in [-0.4, -0.2) is 49.9 Å². The highest BCUT2D eigenvalue weighted by molar-refractivity contribution is 7.89. The van der Waals surface area contributed by atoms with Crippen molar-refractivity contribution < 1.29 is 27.6 Å². The molecule has 24 heavy (non-hydrogen) atoms. The summed E-state index contributed by atoms with van der Waals surface area (Å²) in [5.41, 5.74) is -0.535. The second-order valence-electron chi connectivity index (χ2n) is 4.57. The minimum Gasteiger partial charge on any atom is -0.475 e. The summed E-state index contributed by atoms with van der Waals surface area (Å²) in [4.78, 5) is 21.5. The first kappa shape index (κ1) is 19.8. The molecular formula is C14H20N2O7S. The van der Waals surface area contributed by atoms with E-state index in [1.807, 2.05) is 0 Å². The SMILES string of the molecule is CCOC(=O)COc1ccc(S(=O)(=O)N(CC)CC)cc1[N+](=O)[O-]. The Morgan fingerprint density at radius 1 is 1.25 bits per heavy atom. The summed E-state index contributed by atoms with van der Waals surface area (Å²) in [6, 6.07) is 3.29. The Morgan fingerprint density at radius 2 is 1.88 bits per heavy atom. The smallest absolute Gasteiger partial charge is 0.344 e. The van der Waals surface area contributed by atoms with Crippen LogP contribution in [0.25, 0.3) is 0 Å². The Morgan fingerprint density at radius 3 is 2.38 bits per heavy atom. The third-order valence-corrected chi connectivity index (χ3v) is 5.17.